The molecule has 0 saturated carbocycles. The minimum absolute atomic E-state index is 0.0199. The van der Waals surface area contributed by atoms with Crippen LogP contribution in [0, 0.1) is 6.92 Å². The van der Waals surface area contributed by atoms with Crippen LogP contribution in [0.15, 0.2) is 82.8 Å². The molecule has 0 unspecified atom stereocenters. The smallest absolute Gasteiger partial charge is 0.301 e. The summed E-state index contributed by atoms with van der Waals surface area (Å²) in [4.78, 5) is 20.4. The summed E-state index contributed by atoms with van der Waals surface area (Å²) in [5, 5.41) is 3.69. The molecule has 33 heavy (non-hydrogen) atoms. The second-order valence-electron chi connectivity index (χ2n) is 7.36. The molecule has 10 heteroatoms. The topological polar surface area (TPSA) is 95.8 Å². The number of aryl methyl sites for hydroxylation is 1. The quantitative estimate of drug-likeness (QED) is 0.270. The van der Waals surface area contributed by atoms with Gasteiger partial charge in [-0.25, -0.2) is 9.97 Å². The first-order chi connectivity index (χ1) is 15.9. The van der Waals surface area contributed by atoms with Gasteiger partial charge in [-0.1, -0.05) is 47.7 Å². The maximum absolute atomic E-state index is 13.4. The van der Waals surface area contributed by atoms with Gasteiger partial charge in [0.25, 0.3) is 0 Å². The van der Waals surface area contributed by atoms with Gasteiger partial charge < -0.3 is 5.32 Å². The molecular weight excluding hydrogens is 476 g/mol. The molecule has 0 aliphatic rings. The van der Waals surface area contributed by atoms with E-state index in [0.29, 0.717) is 21.3 Å². The van der Waals surface area contributed by atoms with Crippen molar-refractivity contribution in [1.29, 1.82) is 0 Å². The Morgan fingerprint density at radius 1 is 1.09 bits per heavy atom. The van der Waals surface area contributed by atoms with Gasteiger partial charge in [-0.15, -0.1) is 3.97 Å². The lowest BCUT2D eigenvalue weighted by Gasteiger charge is -2.04. The fourth-order valence-electron chi connectivity index (χ4n) is 3.44. The number of thioether (sulfide) groups is 1. The molecule has 0 fully saturated rings. The van der Waals surface area contributed by atoms with Crippen LogP contribution in [-0.2, 0) is 14.8 Å². The summed E-state index contributed by atoms with van der Waals surface area (Å²) in [7, 11) is -3.86. The van der Waals surface area contributed by atoms with Crippen molar-refractivity contribution in [2.24, 2.45) is 0 Å². The first kappa shape index (κ1) is 21.6. The highest BCUT2D eigenvalue weighted by Gasteiger charge is 2.31. The maximum Gasteiger partial charge on any atom is 0.336 e. The average molecular weight is 496 g/mol. The van der Waals surface area contributed by atoms with Crippen LogP contribution in [-0.4, -0.2) is 30.0 Å². The SMILES string of the molecule is Cc1ccc2nc(NC(=O)CSc3[nH]c4ccccc4[n+]3S(=O)(=O)c3ccccc3)sc2c1. The van der Waals surface area contributed by atoms with Crippen molar-refractivity contribution in [2.75, 3.05) is 11.1 Å². The number of thiazole rings is 1. The van der Waals surface area contributed by atoms with Gasteiger partial charge in [-0.05, 0) is 60.6 Å². The number of carbonyl (C=O) groups is 1. The van der Waals surface area contributed by atoms with E-state index in [4.69, 9.17) is 0 Å². The van der Waals surface area contributed by atoms with Gasteiger partial charge in [0.05, 0.1) is 16.0 Å². The van der Waals surface area contributed by atoms with Crippen molar-refractivity contribution in [3.63, 3.8) is 0 Å². The van der Waals surface area contributed by atoms with E-state index in [9.17, 15) is 13.2 Å². The first-order valence-electron chi connectivity index (χ1n) is 10.0. The molecule has 166 valence electrons. The molecule has 0 aliphatic heterocycles. The van der Waals surface area contributed by atoms with Crippen LogP contribution in [0.5, 0.6) is 0 Å². The lowest BCUT2D eigenvalue weighted by molar-refractivity contribution is -0.526. The third-order valence-electron chi connectivity index (χ3n) is 4.96. The van der Waals surface area contributed by atoms with E-state index in [-0.39, 0.29) is 16.6 Å². The number of H-pyrrole nitrogens is 1. The molecule has 3 aromatic carbocycles. The van der Waals surface area contributed by atoms with E-state index in [1.54, 1.807) is 48.5 Å². The van der Waals surface area contributed by atoms with Gasteiger partial charge in [0, 0.05) is 0 Å². The number of fused-ring (bicyclic) bond motifs is 2. The average Bonchev–Trinajstić information content (AvgIpc) is 3.38. The molecule has 2 heterocycles. The predicted molar refractivity (Wildman–Crippen MR) is 131 cm³/mol. The van der Waals surface area contributed by atoms with E-state index in [2.05, 4.69) is 15.3 Å². The van der Waals surface area contributed by atoms with Crippen LogP contribution in [0.25, 0.3) is 21.3 Å². The van der Waals surface area contributed by atoms with E-state index in [0.717, 1.165) is 27.5 Å². The van der Waals surface area contributed by atoms with Gasteiger partial charge in [0.2, 0.25) is 5.91 Å². The maximum atomic E-state index is 13.4. The first-order valence-corrected chi connectivity index (χ1v) is 13.3. The van der Waals surface area contributed by atoms with E-state index in [1.165, 1.54) is 15.3 Å². The Morgan fingerprint density at radius 2 is 1.85 bits per heavy atom. The van der Waals surface area contributed by atoms with Crippen molar-refractivity contribution in [3.8, 4) is 0 Å². The van der Waals surface area contributed by atoms with E-state index < -0.39 is 10.0 Å². The summed E-state index contributed by atoms with van der Waals surface area (Å²) in [6, 6.07) is 21.3. The molecule has 0 saturated heterocycles. The number of nitrogens with one attached hydrogen (secondary N) is 2. The third-order valence-corrected chi connectivity index (χ3v) is 8.70. The summed E-state index contributed by atoms with van der Waals surface area (Å²) in [5.41, 5.74) is 3.14. The fourth-order valence-corrected chi connectivity index (χ4v) is 7.00. The van der Waals surface area contributed by atoms with Crippen LogP contribution in [0.1, 0.15) is 5.56 Å². The van der Waals surface area contributed by atoms with Crippen molar-refractivity contribution < 1.29 is 17.2 Å². The van der Waals surface area contributed by atoms with Crippen LogP contribution in [0.2, 0.25) is 0 Å². The van der Waals surface area contributed by atoms with Gasteiger partial charge in [-0.3, -0.25) is 4.79 Å². The van der Waals surface area contributed by atoms with Gasteiger partial charge >= 0.3 is 15.2 Å². The Kier molecular flexibility index (Phi) is 5.65. The van der Waals surface area contributed by atoms with Gasteiger partial charge in [0.15, 0.2) is 16.2 Å². The number of imidazole rings is 1. The highest BCUT2D eigenvalue weighted by Crippen LogP contribution is 2.27. The van der Waals surface area contributed by atoms with Crippen molar-refractivity contribution in [2.45, 2.75) is 17.0 Å². The minimum atomic E-state index is -3.86. The number of para-hydroxylation sites is 2. The van der Waals surface area contributed by atoms with Gasteiger partial charge in [-0.2, -0.15) is 8.42 Å². The number of anilines is 1. The number of carbonyl (C=O) groups excluding carboxylic acids is 1. The highest BCUT2D eigenvalue weighted by molar-refractivity contribution is 8.00. The standard InChI is InChI=1S/C23H18N4O3S3/c1-15-11-12-18-20(13-15)32-22(24-18)26-21(28)14-31-23-25-17-9-5-6-10-19(17)27(23)33(29,30)16-7-3-2-4-8-16/h2-13H,14H2,1H3,(H,24,26,28)/p+1. The third kappa shape index (κ3) is 4.24. The van der Waals surface area contributed by atoms with Gasteiger partial charge in [0.1, 0.15) is 4.90 Å². The second-order valence-corrected chi connectivity index (χ2v) is 11.1. The zero-order valence-electron chi connectivity index (χ0n) is 17.5. The normalized spacial score (nSPS) is 11.8. The summed E-state index contributed by atoms with van der Waals surface area (Å²) >= 11 is 2.53. The molecule has 1 amide bonds. The monoisotopic (exact) mass is 495 g/mol. The Bertz CT molecular complexity index is 1590. The van der Waals surface area contributed by atoms with Crippen LogP contribution >= 0.6 is 23.1 Å². The molecule has 0 spiro atoms. The lowest BCUT2D eigenvalue weighted by atomic mass is 10.2. The number of hydrogen-bond acceptors (Lipinski definition) is 6. The predicted octanol–water partition coefficient (Wildman–Crippen LogP) is 4.34. The molecule has 0 aliphatic carbocycles. The molecule has 0 atom stereocenters. The molecule has 5 rings (SSSR count). The van der Waals surface area contributed by atoms with Crippen molar-refractivity contribution >= 4 is 65.4 Å². The minimum Gasteiger partial charge on any atom is -0.301 e. The summed E-state index contributed by atoms with van der Waals surface area (Å²) in [6.45, 7) is 2.01. The number of aromatic amines is 1. The zero-order chi connectivity index (χ0) is 23.0. The van der Waals surface area contributed by atoms with Crippen LogP contribution in [0.4, 0.5) is 5.13 Å². The number of nitrogens with zero attached hydrogens (tertiary/aromatic N) is 2. The molecule has 0 bridgehead atoms. The summed E-state index contributed by atoms with van der Waals surface area (Å²) < 4.78 is 29.1. The Balaban J connectivity index is 1.42. The molecule has 0 radical (unpaired) electrons. The number of rotatable bonds is 6. The molecule has 2 N–H and O–H groups in total. The van der Waals surface area contributed by atoms with E-state index in [1.807, 2.05) is 31.2 Å². The number of aromatic nitrogens is 3. The van der Waals surface area contributed by atoms with Crippen molar-refractivity contribution in [1.82, 2.24) is 9.97 Å². The number of benzene rings is 3. The summed E-state index contributed by atoms with van der Waals surface area (Å²) in [6.07, 6.45) is 0. The van der Waals surface area contributed by atoms with Crippen LogP contribution in [0.3, 0.4) is 0 Å². The van der Waals surface area contributed by atoms with Crippen molar-refractivity contribution in [3.05, 3.63) is 78.4 Å². The summed E-state index contributed by atoms with van der Waals surface area (Å²) in [5.74, 6) is -0.246. The zero-order valence-corrected chi connectivity index (χ0v) is 19.9. The molecular formula is C23H19N4O3S3+. The van der Waals surface area contributed by atoms with E-state index >= 15 is 0 Å². The largest absolute Gasteiger partial charge is 0.336 e. The molecule has 7 nitrogen and oxygen atoms in total. The van der Waals surface area contributed by atoms with Crippen LogP contribution < -0.4 is 9.29 Å². The Hall–Kier alpha value is -3.21. The fraction of sp³-hybridized carbons (Fsp3) is 0.0870. The number of amides is 1. The lowest BCUT2D eigenvalue weighted by Crippen LogP contribution is -2.44. The highest BCUT2D eigenvalue weighted by atomic mass is 32.2. The molecule has 5 aromatic rings. The second kappa shape index (κ2) is 8.62. The Morgan fingerprint density at radius 3 is 2.67 bits per heavy atom. The molecule has 2 aromatic heterocycles. The number of hydrogen-bond donors (Lipinski definition) is 2. The Labute approximate surface area is 198 Å².